The van der Waals surface area contributed by atoms with Crippen molar-refractivity contribution in [2.24, 2.45) is 0 Å². The van der Waals surface area contributed by atoms with Crippen LogP contribution in [0, 0.1) is 13.8 Å². The molecule has 0 radical (unpaired) electrons. The molecule has 0 unspecified atom stereocenters. The molecule has 2 atom stereocenters. The first kappa shape index (κ1) is 25.3. The van der Waals surface area contributed by atoms with E-state index in [1.54, 1.807) is 12.3 Å². The zero-order valence-corrected chi connectivity index (χ0v) is 22.8. The third-order valence-electron chi connectivity index (χ3n) is 6.26. The van der Waals surface area contributed by atoms with Gasteiger partial charge in [-0.15, -0.1) is 0 Å². The van der Waals surface area contributed by atoms with Gasteiger partial charge in [0, 0.05) is 22.5 Å². The molecule has 2 N–H and O–H groups in total. The smallest absolute Gasteiger partial charge is 0.229 e. The second-order valence-corrected chi connectivity index (χ2v) is 11.6. The lowest BCUT2D eigenvalue weighted by Gasteiger charge is -2.26. The number of benzene rings is 2. The summed E-state index contributed by atoms with van der Waals surface area (Å²) in [5, 5.41) is 4.59. The molecule has 0 amide bonds. The van der Waals surface area contributed by atoms with E-state index in [1.165, 1.54) is 0 Å². The molecule has 0 saturated carbocycles. The van der Waals surface area contributed by atoms with Gasteiger partial charge >= 0.3 is 0 Å². The number of hydrogen-bond donors (Lipinski definition) is 2. The Morgan fingerprint density at radius 3 is 2.54 bits per heavy atom. The molecule has 5 rings (SSSR count). The fourth-order valence-electron chi connectivity index (χ4n) is 4.45. The van der Waals surface area contributed by atoms with E-state index < -0.39 is 10.0 Å². The van der Waals surface area contributed by atoms with Crippen LogP contribution in [-0.4, -0.2) is 24.8 Å². The van der Waals surface area contributed by atoms with Crippen LogP contribution in [0.5, 0.6) is 0 Å². The summed E-state index contributed by atoms with van der Waals surface area (Å²) < 4.78 is 32.5. The van der Waals surface area contributed by atoms with E-state index in [2.05, 4.69) is 15.0 Å². The van der Waals surface area contributed by atoms with Gasteiger partial charge in [0.2, 0.25) is 10.0 Å². The minimum atomic E-state index is -3.40. The number of nitrogens with one attached hydrogen (secondary N) is 2. The Bertz CT molecular complexity index is 1590. The number of aromatic nitrogens is 1. The third kappa shape index (κ3) is 5.20. The van der Waals surface area contributed by atoms with Gasteiger partial charge in [0.1, 0.15) is 17.6 Å². The highest BCUT2D eigenvalue weighted by Crippen LogP contribution is 2.43. The molecule has 1 fully saturated rings. The lowest BCUT2D eigenvalue weighted by molar-refractivity contribution is 0.439. The highest BCUT2D eigenvalue weighted by molar-refractivity contribution is 7.92. The summed E-state index contributed by atoms with van der Waals surface area (Å²) in [4.78, 5) is 6.56. The number of thiocarbonyl (C=S) groups is 1. The first-order valence-corrected chi connectivity index (χ1v) is 14.2. The maximum absolute atomic E-state index is 11.8. The van der Waals surface area contributed by atoms with E-state index in [0.29, 0.717) is 27.3 Å². The Hall–Kier alpha value is -3.40. The van der Waals surface area contributed by atoms with Crippen molar-refractivity contribution in [1.82, 2.24) is 10.3 Å². The fraction of sp³-hybridized carbons (Fsp3) is 0.185. The summed E-state index contributed by atoms with van der Waals surface area (Å²) in [6.45, 7) is 3.81. The Morgan fingerprint density at radius 2 is 1.86 bits per heavy atom. The number of rotatable bonds is 6. The molecular weight excluding hydrogens is 528 g/mol. The van der Waals surface area contributed by atoms with Gasteiger partial charge in [0.05, 0.1) is 23.7 Å². The van der Waals surface area contributed by atoms with Gasteiger partial charge < -0.3 is 14.6 Å². The van der Waals surface area contributed by atoms with Crippen molar-refractivity contribution >= 4 is 50.3 Å². The van der Waals surface area contributed by atoms with Crippen molar-refractivity contribution in [3.8, 4) is 11.3 Å². The number of sulfonamides is 1. The molecule has 7 nitrogen and oxygen atoms in total. The monoisotopic (exact) mass is 552 g/mol. The zero-order valence-electron chi connectivity index (χ0n) is 20.4. The van der Waals surface area contributed by atoms with Crippen LogP contribution in [0.2, 0.25) is 5.02 Å². The Morgan fingerprint density at radius 1 is 1.05 bits per heavy atom. The number of furan rings is 1. The predicted molar refractivity (Wildman–Crippen MR) is 151 cm³/mol. The van der Waals surface area contributed by atoms with Gasteiger partial charge in [-0.1, -0.05) is 29.8 Å². The molecular formula is C27H25ClN4O3S2. The molecule has 0 spiro atoms. The molecule has 4 aromatic rings. The second kappa shape index (κ2) is 9.81. The molecule has 190 valence electrons. The number of aryl methyl sites for hydroxylation is 2. The quantitative estimate of drug-likeness (QED) is 0.277. The number of halogens is 1. The number of hydrogen-bond acceptors (Lipinski definition) is 5. The second-order valence-electron chi connectivity index (χ2n) is 9.04. The van der Waals surface area contributed by atoms with E-state index in [0.717, 1.165) is 34.3 Å². The topological polar surface area (TPSA) is 87.5 Å². The standard InChI is InChI=1S/C27H25ClN4O3S2/c1-16-7-8-18(15-20(16)28)23-11-12-24(35-23)26-25(22-6-4-5-13-29-22)30-27(36)32(26)19-9-10-21(17(2)14-19)31-37(3,33)34/h4-15,25-26,31H,1-3H3,(H,30,36)/t25-,26+/m0/s1. The summed E-state index contributed by atoms with van der Waals surface area (Å²) in [5.41, 5.74) is 4.77. The van der Waals surface area contributed by atoms with Crippen LogP contribution in [0.4, 0.5) is 11.4 Å². The van der Waals surface area contributed by atoms with Gasteiger partial charge in [-0.25, -0.2) is 8.42 Å². The fourth-order valence-corrected chi connectivity index (χ4v) is 5.60. The maximum Gasteiger partial charge on any atom is 0.229 e. The van der Waals surface area contributed by atoms with Gasteiger partial charge in [-0.2, -0.15) is 0 Å². The summed E-state index contributed by atoms with van der Waals surface area (Å²) in [6, 6.07) is 20.3. The largest absolute Gasteiger partial charge is 0.459 e. The number of nitrogens with zero attached hydrogens (tertiary/aromatic N) is 2. The average molecular weight is 553 g/mol. The normalized spacial score (nSPS) is 17.6. The van der Waals surface area contributed by atoms with Crippen LogP contribution in [0.25, 0.3) is 11.3 Å². The molecule has 0 bridgehead atoms. The van der Waals surface area contributed by atoms with Crippen molar-refractivity contribution in [2.45, 2.75) is 25.9 Å². The van der Waals surface area contributed by atoms with E-state index in [9.17, 15) is 8.42 Å². The maximum atomic E-state index is 11.8. The third-order valence-corrected chi connectivity index (χ3v) is 7.57. The van der Waals surface area contributed by atoms with E-state index in [4.69, 9.17) is 28.2 Å². The molecule has 2 aromatic carbocycles. The minimum Gasteiger partial charge on any atom is -0.459 e. The SMILES string of the molecule is Cc1ccc(-c2ccc([C@@H]3[C@H](c4ccccn4)NC(=S)N3c3ccc(NS(C)(=O)=O)c(C)c3)o2)cc1Cl. The summed E-state index contributed by atoms with van der Waals surface area (Å²) in [5.74, 6) is 1.39. The van der Waals surface area contributed by atoms with Crippen molar-refractivity contribution < 1.29 is 12.8 Å². The van der Waals surface area contributed by atoms with Crippen LogP contribution in [0.1, 0.15) is 34.7 Å². The lowest BCUT2D eigenvalue weighted by Crippen LogP contribution is -2.29. The highest BCUT2D eigenvalue weighted by Gasteiger charge is 2.42. The average Bonchev–Trinajstić information content (AvgIpc) is 3.46. The van der Waals surface area contributed by atoms with Gasteiger partial charge in [0.15, 0.2) is 5.11 Å². The molecule has 1 aliphatic heterocycles. The first-order chi connectivity index (χ1) is 17.6. The number of anilines is 2. The van der Waals surface area contributed by atoms with Crippen molar-refractivity contribution in [3.05, 3.63) is 101 Å². The van der Waals surface area contributed by atoms with Crippen LogP contribution in [0.15, 0.2) is 77.3 Å². The zero-order chi connectivity index (χ0) is 26.3. The van der Waals surface area contributed by atoms with Gasteiger partial charge in [0.25, 0.3) is 0 Å². The van der Waals surface area contributed by atoms with E-state index >= 15 is 0 Å². The minimum absolute atomic E-state index is 0.275. The molecule has 1 aliphatic rings. The van der Waals surface area contributed by atoms with Crippen LogP contribution in [-0.2, 0) is 10.0 Å². The van der Waals surface area contributed by atoms with Crippen molar-refractivity contribution in [2.75, 3.05) is 15.9 Å². The Balaban J connectivity index is 1.58. The van der Waals surface area contributed by atoms with Gasteiger partial charge in [-0.05, 0) is 85.7 Å². The van der Waals surface area contributed by atoms with Crippen LogP contribution in [0.3, 0.4) is 0 Å². The number of pyridine rings is 1. The summed E-state index contributed by atoms with van der Waals surface area (Å²) in [6.07, 6.45) is 2.88. The summed E-state index contributed by atoms with van der Waals surface area (Å²) in [7, 11) is -3.40. The van der Waals surface area contributed by atoms with Crippen LogP contribution >= 0.6 is 23.8 Å². The highest BCUT2D eigenvalue weighted by atomic mass is 35.5. The Labute approximate surface area is 226 Å². The molecule has 2 aromatic heterocycles. The van der Waals surface area contributed by atoms with Crippen molar-refractivity contribution in [3.63, 3.8) is 0 Å². The molecule has 37 heavy (non-hydrogen) atoms. The van der Waals surface area contributed by atoms with E-state index in [1.807, 2.05) is 79.4 Å². The summed E-state index contributed by atoms with van der Waals surface area (Å²) >= 11 is 12.2. The lowest BCUT2D eigenvalue weighted by atomic mass is 10.0. The first-order valence-electron chi connectivity index (χ1n) is 11.6. The predicted octanol–water partition coefficient (Wildman–Crippen LogP) is 6.16. The molecule has 0 aliphatic carbocycles. The molecule has 1 saturated heterocycles. The van der Waals surface area contributed by atoms with Crippen LogP contribution < -0.4 is 14.9 Å². The van der Waals surface area contributed by atoms with Crippen molar-refractivity contribution in [1.29, 1.82) is 0 Å². The molecule has 3 heterocycles. The Kier molecular flexibility index (Phi) is 6.70. The molecule has 10 heteroatoms. The van der Waals surface area contributed by atoms with Gasteiger partial charge in [-0.3, -0.25) is 9.71 Å². The van der Waals surface area contributed by atoms with E-state index in [-0.39, 0.29) is 12.1 Å².